The highest BCUT2D eigenvalue weighted by atomic mass is 32.1. The van der Waals surface area contributed by atoms with Gasteiger partial charge in [0, 0.05) is 0 Å². The van der Waals surface area contributed by atoms with Gasteiger partial charge in [0.1, 0.15) is 29.6 Å². The van der Waals surface area contributed by atoms with Gasteiger partial charge in [-0.05, 0) is 24.3 Å². The Morgan fingerprint density at radius 3 is 1.87 bits per heavy atom. The van der Waals surface area contributed by atoms with Crippen molar-refractivity contribution in [3.05, 3.63) is 80.9 Å². The topological polar surface area (TPSA) is 132 Å². The molecule has 2 aromatic carbocycles. The third-order valence-electron chi connectivity index (χ3n) is 4.19. The van der Waals surface area contributed by atoms with Crippen LogP contribution in [0.15, 0.2) is 60.7 Å². The molecule has 11 nitrogen and oxygen atoms in total. The first-order valence-electron chi connectivity index (χ1n) is 8.79. The molecule has 2 aromatic rings. The zero-order valence-electron chi connectivity index (χ0n) is 15.4. The molecule has 12 heteroatoms. The first-order chi connectivity index (χ1) is 14.4. The number of thiol groups is 1. The van der Waals surface area contributed by atoms with Crippen molar-refractivity contribution in [3.8, 4) is 11.5 Å². The Morgan fingerprint density at radius 1 is 0.833 bits per heavy atom. The molecule has 0 aliphatic carbocycles. The summed E-state index contributed by atoms with van der Waals surface area (Å²) in [5, 5.41) is 19.9. The molecule has 1 fully saturated rings. The van der Waals surface area contributed by atoms with Crippen LogP contribution in [0, 0.1) is 20.2 Å². The van der Waals surface area contributed by atoms with Crippen molar-refractivity contribution < 1.29 is 34.1 Å². The van der Waals surface area contributed by atoms with E-state index >= 15 is 0 Å². The van der Waals surface area contributed by atoms with Gasteiger partial charge in [-0.3, -0.25) is 0 Å². The monoisotopic (exact) mass is 438 g/mol. The Kier molecular flexibility index (Phi) is 7.14. The lowest BCUT2D eigenvalue weighted by Gasteiger charge is -2.43. The fourth-order valence-electron chi connectivity index (χ4n) is 2.96. The molecule has 0 bridgehead atoms. The van der Waals surface area contributed by atoms with E-state index in [0.717, 1.165) is 0 Å². The molecule has 0 radical (unpaired) electrons. The van der Waals surface area contributed by atoms with Crippen molar-refractivity contribution in [1.82, 2.24) is 0 Å². The molecule has 5 atom stereocenters. The largest absolute Gasteiger partial charge is 0.485 e. The summed E-state index contributed by atoms with van der Waals surface area (Å²) >= 11 is 4.31. The Bertz CT molecular complexity index is 842. The fourth-order valence-corrected chi connectivity index (χ4v) is 3.35. The number of ether oxygens (including phenoxy) is 3. The van der Waals surface area contributed by atoms with Gasteiger partial charge in [-0.2, -0.15) is 0 Å². The highest BCUT2D eigenvalue weighted by Gasteiger charge is 2.50. The number of benzene rings is 2. The van der Waals surface area contributed by atoms with E-state index < -0.39 is 46.6 Å². The van der Waals surface area contributed by atoms with Gasteiger partial charge in [-0.1, -0.05) is 36.4 Å². The van der Waals surface area contributed by atoms with Crippen LogP contribution < -0.4 is 9.47 Å². The second kappa shape index (κ2) is 9.98. The van der Waals surface area contributed by atoms with Gasteiger partial charge in [0.05, 0.1) is 0 Å². The van der Waals surface area contributed by atoms with Crippen LogP contribution >= 0.6 is 12.6 Å². The quantitative estimate of drug-likeness (QED) is 0.356. The van der Waals surface area contributed by atoms with E-state index in [1.807, 2.05) is 0 Å². The Labute approximate surface area is 176 Å². The summed E-state index contributed by atoms with van der Waals surface area (Å²) in [6.07, 6.45) is -4.66. The molecule has 30 heavy (non-hydrogen) atoms. The predicted octanol–water partition coefficient (Wildman–Crippen LogP) is 2.32. The third kappa shape index (κ3) is 5.64. The molecule has 1 aliphatic rings. The van der Waals surface area contributed by atoms with Crippen molar-refractivity contribution in [3.63, 3.8) is 0 Å². The molecule has 0 N–H and O–H groups in total. The molecule has 0 saturated carbocycles. The van der Waals surface area contributed by atoms with Crippen molar-refractivity contribution in [1.29, 1.82) is 0 Å². The lowest BCUT2D eigenvalue weighted by atomic mass is 9.99. The summed E-state index contributed by atoms with van der Waals surface area (Å²) in [6, 6.07) is 16.9. The van der Waals surface area contributed by atoms with Crippen LogP contribution in [-0.4, -0.2) is 46.6 Å². The van der Waals surface area contributed by atoms with Gasteiger partial charge in [0.2, 0.25) is 0 Å². The first kappa shape index (κ1) is 21.5. The van der Waals surface area contributed by atoms with Crippen LogP contribution in [0.1, 0.15) is 0 Å². The summed E-state index contributed by atoms with van der Waals surface area (Å²) in [6.45, 7) is -0.544. The number of nitrogens with zero attached hydrogens (tertiary/aromatic N) is 2. The summed E-state index contributed by atoms with van der Waals surface area (Å²) < 4.78 is 17.4. The first-order valence-corrected chi connectivity index (χ1v) is 9.31. The minimum absolute atomic E-state index is 0.352. The summed E-state index contributed by atoms with van der Waals surface area (Å²) in [5.74, 6) is 0.755. The molecule has 1 saturated heterocycles. The maximum absolute atomic E-state index is 11.2. The van der Waals surface area contributed by atoms with Crippen LogP contribution in [0.4, 0.5) is 0 Å². The number of hydrogen-bond acceptors (Lipinski definition) is 10. The summed E-state index contributed by atoms with van der Waals surface area (Å²) in [7, 11) is 0. The average molecular weight is 438 g/mol. The Balaban J connectivity index is 1.91. The van der Waals surface area contributed by atoms with Gasteiger partial charge >= 0.3 is 0 Å². The van der Waals surface area contributed by atoms with Gasteiger partial charge in [-0.25, -0.2) is 0 Å². The van der Waals surface area contributed by atoms with E-state index in [0.29, 0.717) is 11.5 Å². The van der Waals surface area contributed by atoms with Crippen molar-refractivity contribution in [2.45, 2.75) is 29.9 Å². The Hall–Kier alpha value is -3.25. The molecule has 1 heterocycles. The lowest BCUT2D eigenvalue weighted by molar-refractivity contribution is -0.775. The van der Waals surface area contributed by atoms with Gasteiger partial charge < -0.3 is 23.9 Å². The SMILES string of the molecule is O=[N+]([O-])OCC1OC(S)C(Oc2ccccc2)C(O[N+](=O)[O-])C1Oc1ccccc1. The van der Waals surface area contributed by atoms with E-state index in [1.54, 1.807) is 60.7 Å². The molecule has 0 aromatic heterocycles. The maximum Gasteiger partial charge on any atom is 0.295 e. The van der Waals surface area contributed by atoms with E-state index in [1.165, 1.54) is 0 Å². The zero-order valence-corrected chi connectivity index (χ0v) is 16.3. The van der Waals surface area contributed by atoms with Crippen LogP contribution in [0.3, 0.4) is 0 Å². The van der Waals surface area contributed by atoms with Crippen molar-refractivity contribution >= 4 is 12.6 Å². The van der Waals surface area contributed by atoms with Gasteiger partial charge in [0.15, 0.2) is 18.3 Å². The standard InChI is InChI=1S/C18H18N2O9S/c21-19(22)25-11-14-15(26-12-7-3-1-4-8-12)16(29-20(23)24)17(18(30)28-14)27-13-9-5-2-6-10-13/h1-10,14-18,30H,11H2. The minimum Gasteiger partial charge on any atom is -0.485 e. The normalized spacial score (nSPS) is 25.7. The lowest BCUT2D eigenvalue weighted by Crippen LogP contribution is -2.62. The second-order valence-electron chi connectivity index (χ2n) is 6.17. The molecule has 0 spiro atoms. The molecular weight excluding hydrogens is 420 g/mol. The molecule has 5 unspecified atom stereocenters. The third-order valence-corrected chi connectivity index (χ3v) is 4.61. The molecule has 3 rings (SSSR count). The molecule has 1 aliphatic heterocycles. The molecule has 0 amide bonds. The maximum atomic E-state index is 11.2. The van der Waals surface area contributed by atoms with E-state index in [4.69, 9.17) is 19.0 Å². The second-order valence-corrected chi connectivity index (χ2v) is 6.68. The average Bonchev–Trinajstić information content (AvgIpc) is 2.72. The van der Waals surface area contributed by atoms with Crippen LogP contribution in [-0.2, 0) is 14.4 Å². The van der Waals surface area contributed by atoms with Gasteiger partial charge in [0.25, 0.3) is 10.2 Å². The number of para-hydroxylation sites is 2. The number of hydrogen-bond donors (Lipinski definition) is 1. The molecular formula is C18H18N2O9S. The highest BCUT2D eigenvalue weighted by molar-refractivity contribution is 7.80. The van der Waals surface area contributed by atoms with Crippen molar-refractivity contribution in [2.75, 3.05) is 6.61 Å². The van der Waals surface area contributed by atoms with Crippen molar-refractivity contribution in [2.24, 2.45) is 0 Å². The minimum atomic E-state index is -1.32. The van der Waals surface area contributed by atoms with Crippen LogP contribution in [0.5, 0.6) is 11.5 Å². The summed E-state index contributed by atoms with van der Waals surface area (Å²) in [5.41, 5.74) is -1.02. The highest BCUT2D eigenvalue weighted by Crippen LogP contribution is 2.32. The van der Waals surface area contributed by atoms with E-state index in [2.05, 4.69) is 17.5 Å². The Morgan fingerprint density at radius 2 is 1.37 bits per heavy atom. The van der Waals surface area contributed by atoms with E-state index in [9.17, 15) is 20.2 Å². The summed E-state index contributed by atoms with van der Waals surface area (Å²) in [4.78, 5) is 31.2. The predicted molar refractivity (Wildman–Crippen MR) is 104 cm³/mol. The van der Waals surface area contributed by atoms with Crippen LogP contribution in [0.25, 0.3) is 0 Å². The fraction of sp³-hybridized carbons (Fsp3) is 0.333. The number of rotatable bonds is 9. The van der Waals surface area contributed by atoms with Crippen LogP contribution in [0.2, 0.25) is 0 Å². The molecule has 160 valence electrons. The zero-order chi connectivity index (χ0) is 21.5. The van der Waals surface area contributed by atoms with Gasteiger partial charge in [-0.15, -0.1) is 32.9 Å². The van der Waals surface area contributed by atoms with E-state index in [-0.39, 0.29) is 0 Å². The smallest absolute Gasteiger partial charge is 0.295 e.